The highest BCUT2D eigenvalue weighted by Gasteiger charge is 2.27. The molecule has 2 atom stereocenters. The Bertz CT molecular complexity index is 844. The molecule has 2 amide bonds. The van der Waals surface area contributed by atoms with E-state index < -0.39 is 6.04 Å². The van der Waals surface area contributed by atoms with E-state index in [0.29, 0.717) is 36.8 Å². The molecule has 1 aliphatic rings. The molecule has 0 aliphatic carbocycles. The van der Waals surface area contributed by atoms with Gasteiger partial charge in [-0.25, -0.2) is 0 Å². The lowest BCUT2D eigenvalue weighted by atomic mass is 10.1. The topological polar surface area (TPSA) is 70.7 Å². The van der Waals surface area contributed by atoms with Crippen LogP contribution in [0, 0.1) is 0 Å². The first kappa shape index (κ1) is 24.1. The van der Waals surface area contributed by atoms with Crippen LogP contribution in [0.25, 0.3) is 0 Å². The average Bonchev–Trinajstić information content (AvgIpc) is 3.32. The second-order valence-electron chi connectivity index (χ2n) is 7.21. The Morgan fingerprint density at radius 1 is 1.23 bits per heavy atom. The molecule has 6 nitrogen and oxygen atoms in total. The summed E-state index contributed by atoms with van der Waals surface area (Å²) < 4.78 is 5.48. The molecule has 2 N–H and O–H groups in total. The summed E-state index contributed by atoms with van der Waals surface area (Å²) in [4.78, 5) is 29.3. The van der Waals surface area contributed by atoms with Gasteiger partial charge in [0.05, 0.1) is 29.8 Å². The molecule has 9 heteroatoms. The Balaban J connectivity index is 1.66. The minimum atomic E-state index is -0.620. The molecule has 2 aromatic rings. The third-order valence-corrected chi connectivity index (χ3v) is 7.13. The maximum Gasteiger partial charge on any atom is 0.253 e. The number of hydrogen-bond acceptors (Lipinski definition) is 6. The van der Waals surface area contributed by atoms with Crippen molar-refractivity contribution >= 4 is 46.5 Å². The van der Waals surface area contributed by atoms with E-state index in [1.54, 1.807) is 47.4 Å². The van der Waals surface area contributed by atoms with Crippen molar-refractivity contribution in [2.75, 3.05) is 44.9 Å². The summed E-state index contributed by atoms with van der Waals surface area (Å²) in [5.74, 6) is 0.248. The van der Waals surface area contributed by atoms with Crippen LogP contribution in [0.5, 0.6) is 0 Å². The third-order valence-electron chi connectivity index (χ3n) is 5.18. The van der Waals surface area contributed by atoms with Crippen LogP contribution in [0.4, 0.5) is 0 Å². The Kier molecular flexibility index (Phi) is 9.67. The van der Waals surface area contributed by atoms with E-state index in [0.717, 1.165) is 18.8 Å². The summed E-state index contributed by atoms with van der Waals surface area (Å²) >= 11 is 9.48. The van der Waals surface area contributed by atoms with Gasteiger partial charge in [0.1, 0.15) is 6.04 Å². The van der Waals surface area contributed by atoms with Gasteiger partial charge in [-0.3, -0.25) is 14.5 Å². The number of nitrogens with one attached hydrogen (secondary N) is 2. The number of thiophene rings is 1. The molecule has 1 fully saturated rings. The predicted molar refractivity (Wildman–Crippen MR) is 128 cm³/mol. The molecular weight excluding hydrogens is 454 g/mol. The highest BCUT2D eigenvalue weighted by atomic mass is 35.5. The van der Waals surface area contributed by atoms with Crippen LogP contribution in [-0.4, -0.2) is 67.6 Å². The maximum absolute atomic E-state index is 13.0. The number of ether oxygens (including phenoxy) is 1. The molecule has 1 aromatic heterocycles. The molecule has 0 spiro atoms. The fraction of sp³-hybridized carbons (Fsp3) is 0.455. The number of nitrogens with zero attached hydrogens (tertiary/aromatic N) is 1. The van der Waals surface area contributed by atoms with Crippen molar-refractivity contribution < 1.29 is 14.3 Å². The smallest absolute Gasteiger partial charge is 0.253 e. The van der Waals surface area contributed by atoms with Crippen molar-refractivity contribution in [2.45, 2.75) is 18.5 Å². The summed E-state index contributed by atoms with van der Waals surface area (Å²) in [5, 5.41) is 8.36. The van der Waals surface area contributed by atoms with Crippen LogP contribution in [0.2, 0.25) is 5.02 Å². The summed E-state index contributed by atoms with van der Waals surface area (Å²) in [6.07, 6.45) is 2.53. The number of halogens is 1. The zero-order valence-corrected chi connectivity index (χ0v) is 19.9. The lowest BCUT2D eigenvalue weighted by Gasteiger charge is -2.34. The number of morpholine rings is 1. The lowest BCUT2D eigenvalue weighted by Crippen LogP contribution is -2.50. The van der Waals surface area contributed by atoms with Gasteiger partial charge in [-0.05, 0) is 42.0 Å². The zero-order chi connectivity index (χ0) is 22.1. The summed E-state index contributed by atoms with van der Waals surface area (Å²) in [6, 6.07) is 10.5. The number of rotatable bonds is 10. The van der Waals surface area contributed by atoms with Crippen molar-refractivity contribution in [2.24, 2.45) is 0 Å². The first-order valence-corrected chi connectivity index (χ1v) is 12.9. The number of hydrogen-bond donors (Lipinski definition) is 2. The standard InChI is InChI=1S/C22H28ClN3O3S2/c1-30-14-8-18(25-21(27)16-5-2-3-6-17(16)23)22(28)24-15-19(20-7-4-13-31-20)26-9-11-29-12-10-26/h2-7,13,18-19H,8-12,14-15H2,1H3,(H,24,28)(H,25,27)/t18-,19-/m0/s1. The molecule has 0 radical (unpaired) electrons. The molecule has 3 rings (SSSR count). The number of amides is 2. The van der Waals surface area contributed by atoms with E-state index >= 15 is 0 Å². The van der Waals surface area contributed by atoms with Gasteiger partial charge in [0.15, 0.2) is 0 Å². The summed E-state index contributed by atoms with van der Waals surface area (Å²) in [6.45, 7) is 3.53. The van der Waals surface area contributed by atoms with Gasteiger partial charge in [0.25, 0.3) is 5.91 Å². The third kappa shape index (κ3) is 6.95. The monoisotopic (exact) mass is 481 g/mol. The number of benzene rings is 1. The number of carbonyl (C=O) groups excluding carboxylic acids is 2. The fourth-order valence-electron chi connectivity index (χ4n) is 3.49. The van der Waals surface area contributed by atoms with Gasteiger partial charge >= 0.3 is 0 Å². The Morgan fingerprint density at radius 3 is 2.68 bits per heavy atom. The fourth-order valence-corrected chi connectivity index (χ4v) is 5.04. The first-order valence-electron chi connectivity index (χ1n) is 10.3. The van der Waals surface area contributed by atoms with Crippen molar-refractivity contribution in [3.63, 3.8) is 0 Å². The van der Waals surface area contributed by atoms with Crippen molar-refractivity contribution in [3.05, 3.63) is 57.2 Å². The van der Waals surface area contributed by atoms with E-state index in [9.17, 15) is 9.59 Å². The van der Waals surface area contributed by atoms with Crippen LogP contribution in [0.3, 0.4) is 0 Å². The molecule has 168 valence electrons. The Hall–Kier alpha value is -1.58. The van der Waals surface area contributed by atoms with Crippen molar-refractivity contribution in [1.29, 1.82) is 0 Å². The highest BCUT2D eigenvalue weighted by molar-refractivity contribution is 7.98. The molecule has 31 heavy (non-hydrogen) atoms. The quantitative estimate of drug-likeness (QED) is 0.544. The van der Waals surface area contributed by atoms with E-state index in [-0.39, 0.29) is 17.9 Å². The Labute approximate surface area is 196 Å². The molecule has 0 bridgehead atoms. The van der Waals surface area contributed by atoms with Gasteiger partial charge < -0.3 is 15.4 Å². The highest BCUT2D eigenvalue weighted by Crippen LogP contribution is 2.25. The first-order chi connectivity index (χ1) is 15.1. The normalized spacial score (nSPS) is 16.5. The SMILES string of the molecule is CSCC[C@H](NC(=O)c1ccccc1Cl)C(=O)NC[C@@H](c1cccs1)N1CCOCC1. The minimum absolute atomic E-state index is 0.0910. The van der Waals surface area contributed by atoms with Crippen LogP contribution >= 0.6 is 34.7 Å². The molecule has 1 aromatic carbocycles. The van der Waals surface area contributed by atoms with E-state index in [1.165, 1.54) is 4.88 Å². The molecule has 2 heterocycles. The maximum atomic E-state index is 13.0. The van der Waals surface area contributed by atoms with Gasteiger partial charge in [-0.1, -0.05) is 29.8 Å². The van der Waals surface area contributed by atoms with Crippen LogP contribution in [0.15, 0.2) is 41.8 Å². The lowest BCUT2D eigenvalue weighted by molar-refractivity contribution is -0.123. The molecule has 0 unspecified atom stereocenters. The second kappa shape index (κ2) is 12.5. The molecule has 1 saturated heterocycles. The van der Waals surface area contributed by atoms with Crippen molar-refractivity contribution in [1.82, 2.24) is 15.5 Å². The van der Waals surface area contributed by atoms with Gasteiger partial charge in [0.2, 0.25) is 5.91 Å². The number of carbonyl (C=O) groups is 2. The molecule has 1 aliphatic heterocycles. The molecule has 0 saturated carbocycles. The van der Waals surface area contributed by atoms with E-state index in [4.69, 9.17) is 16.3 Å². The largest absolute Gasteiger partial charge is 0.379 e. The van der Waals surface area contributed by atoms with E-state index in [2.05, 4.69) is 27.0 Å². The van der Waals surface area contributed by atoms with Gasteiger partial charge in [-0.15, -0.1) is 11.3 Å². The summed E-state index contributed by atoms with van der Waals surface area (Å²) in [5.41, 5.74) is 0.371. The van der Waals surface area contributed by atoms with Crippen LogP contribution in [0.1, 0.15) is 27.7 Å². The Morgan fingerprint density at radius 2 is 2.00 bits per heavy atom. The average molecular weight is 482 g/mol. The van der Waals surface area contributed by atoms with Gasteiger partial charge in [-0.2, -0.15) is 11.8 Å². The second-order valence-corrected chi connectivity index (χ2v) is 9.58. The number of thioether (sulfide) groups is 1. The van der Waals surface area contributed by atoms with E-state index in [1.807, 2.05) is 12.3 Å². The summed E-state index contributed by atoms with van der Waals surface area (Å²) in [7, 11) is 0. The van der Waals surface area contributed by atoms with Crippen LogP contribution < -0.4 is 10.6 Å². The molecular formula is C22H28ClN3O3S2. The minimum Gasteiger partial charge on any atom is -0.379 e. The zero-order valence-electron chi connectivity index (χ0n) is 17.5. The predicted octanol–water partition coefficient (Wildman–Crippen LogP) is 3.44. The van der Waals surface area contributed by atoms with Gasteiger partial charge in [0, 0.05) is 24.5 Å². The van der Waals surface area contributed by atoms with Crippen molar-refractivity contribution in [3.8, 4) is 0 Å². The van der Waals surface area contributed by atoms with Crippen LogP contribution in [-0.2, 0) is 9.53 Å².